The number of carbonyl (C=O) groups is 1. The van der Waals surface area contributed by atoms with Crippen LogP contribution in [0.5, 0.6) is 0 Å². The molecular weight excluding hydrogens is 344 g/mol. The molecule has 3 heterocycles. The summed E-state index contributed by atoms with van der Waals surface area (Å²) in [6.45, 7) is 6.45. The quantitative estimate of drug-likeness (QED) is 0.703. The van der Waals surface area contributed by atoms with E-state index >= 15 is 0 Å². The van der Waals surface area contributed by atoms with Gasteiger partial charge in [-0.05, 0) is 31.2 Å². The monoisotopic (exact) mass is 364 g/mol. The third-order valence-electron chi connectivity index (χ3n) is 4.59. The lowest BCUT2D eigenvalue weighted by molar-refractivity contribution is 0.0746. The topological polar surface area (TPSA) is 88.2 Å². The Balaban J connectivity index is 1.39. The number of anilines is 1. The van der Waals surface area contributed by atoms with Crippen LogP contribution in [0, 0.1) is 13.8 Å². The molecule has 0 saturated carbocycles. The second-order valence-corrected chi connectivity index (χ2v) is 6.53. The van der Waals surface area contributed by atoms with Crippen LogP contribution < -0.4 is 4.90 Å². The van der Waals surface area contributed by atoms with E-state index in [1.54, 1.807) is 19.1 Å². The van der Waals surface area contributed by atoms with E-state index in [4.69, 9.17) is 4.52 Å². The zero-order valence-electron chi connectivity index (χ0n) is 15.3. The van der Waals surface area contributed by atoms with E-state index in [0.717, 1.165) is 30.2 Å². The molecule has 2 aromatic heterocycles. The summed E-state index contributed by atoms with van der Waals surface area (Å²) >= 11 is 0. The summed E-state index contributed by atoms with van der Waals surface area (Å²) in [6, 6.07) is 11.2. The van der Waals surface area contributed by atoms with Crippen LogP contribution in [-0.4, -0.2) is 57.3 Å². The molecule has 3 aromatic rings. The van der Waals surface area contributed by atoms with Crippen molar-refractivity contribution in [2.45, 2.75) is 13.8 Å². The van der Waals surface area contributed by atoms with Gasteiger partial charge in [0, 0.05) is 44.2 Å². The van der Waals surface area contributed by atoms with Gasteiger partial charge < -0.3 is 14.3 Å². The number of carbonyl (C=O) groups excluding carboxylic acids is 1. The van der Waals surface area contributed by atoms with Crippen LogP contribution in [0.15, 0.2) is 40.9 Å². The van der Waals surface area contributed by atoms with Crippen molar-refractivity contribution in [1.82, 2.24) is 25.2 Å². The summed E-state index contributed by atoms with van der Waals surface area (Å²) < 4.78 is 4.99. The first kappa shape index (κ1) is 17.1. The molecule has 0 unspecified atom stereocenters. The first-order chi connectivity index (χ1) is 13.1. The Morgan fingerprint density at radius 2 is 1.70 bits per heavy atom. The van der Waals surface area contributed by atoms with Crippen molar-refractivity contribution in [3.05, 3.63) is 53.5 Å². The van der Waals surface area contributed by atoms with Crippen LogP contribution in [0.4, 0.5) is 5.82 Å². The first-order valence-electron chi connectivity index (χ1n) is 8.85. The van der Waals surface area contributed by atoms with Crippen LogP contribution in [0.3, 0.4) is 0 Å². The largest absolute Gasteiger partial charge is 0.352 e. The third-order valence-corrected chi connectivity index (χ3v) is 4.59. The van der Waals surface area contributed by atoms with E-state index in [2.05, 4.69) is 25.2 Å². The molecule has 4 rings (SSSR count). The van der Waals surface area contributed by atoms with E-state index in [1.165, 1.54) is 0 Å². The smallest absolute Gasteiger partial charge is 0.253 e. The SMILES string of the molecule is Cc1ccc(N2CCN(C(=O)c3ccc(-c4noc(C)n4)cc3)CC2)nn1. The molecule has 1 aliphatic rings. The Hall–Kier alpha value is -3.29. The Bertz CT molecular complexity index is 928. The van der Waals surface area contributed by atoms with Crippen molar-refractivity contribution >= 4 is 11.7 Å². The molecule has 0 atom stereocenters. The molecule has 1 amide bonds. The van der Waals surface area contributed by atoms with Gasteiger partial charge in [0.15, 0.2) is 5.82 Å². The Kier molecular flexibility index (Phi) is 4.53. The molecule has 27 heavy (non-hydrogen) atoms. The molecule has 1 aromatic carbocycles. The zero-order valence-corrected chi connectivity index (χ0v) is 15.3. The Labute approximate surface area is 156 Å². The summed E-state index contributed by atoms with van der Waals surface area (Å²) in [6.07, 6.45) is 0. The molecule has 138 valence electrons. The fourth-order valence-corrected chi connectivity index (χ4v) is 3.06. The predicted molar refractivity (Wildman–Crippen MR) is 99.4 cm³/mol. The summed E-state index contributed by atoms with van der Waals surface area (Å²) in [5, 5.41) is 12.2. The van der Waals surface area contributed by atoms with E-state index in [-0.39, 0.29) is 5.91 Å². The van der Waals surface area contributed by atoms with Crippen LogP contribution in [0.2, 0.25) is 0 Å². The summed E-state index contributed by atoms with van der Waals surface area (Å²) in [5.41, 5.74) is 2.38. The van der Waals surface area contributed by atoms with Crippen molar-refractivity contribution in [2.75, 3.05) is 31.1 Å². The van der Waals surface area contributed by atoms with Crippen molar-refractivity contribution in [3.63, 3.8) is 0 Å². The molecule has 0 spiro atoms. The lowest BCUT2D eigenvalue weighted by atomic mass is 10.1. The number of piperazine rings is 1. The zero-order chi connectivity index (χ0) is 18.8. The van der Waals surface area contributed by atoms with Crippen LogP contribution in [0.25, 0.3) is 11.4 Å². The minimum Gasteiger partial charge on any atom is -0.352 e. The molecule has 0 radical (unpaired) electrons. The molecule has 8 heteroatoms. The fraction of sp³-hybridized carbons (Fsp3) is 0.316. The molecule has 8 nitrogen and oxygen atoms in total. The van der Waals surface area contributed by atoms with Gasteiger partial charge >= 0.3 is 0 Å². The molecular formula is C19H20N6O2. The number of hydrogen-bond acceptors (Lipinski definition) is 7. The van der Waals surface area contributed by atoms with Gasteiger partial charge in [-0.15, -0.1) is 5.10 Å². The highest BCUT2D eigenvalue weighted by atomic mass is 16.5. The van der Waals surface area contributed by atoms with E-state index in [1.807, 2.05) is 36.1 Å². The average Bonchev–Trinajstić information content (AvgIpc) is 3.15. The van der Waals surface area contributed by atoms with Gasteiger partial charge in [0.25, 0.3) is 5.91 Å². The van der Waals surface area contributed by atoms with Crippen molar-refractivity contribution in [2.24, 2.45) is 0 Å². The average molecular weight is 364 g/mol. The van der Waals surface area contributed by atoms with Crippen molar-refractivity contribution < 1.29 is 9.32 Å². The highest BCUT2D eigenvalue weighted by Gasteiger charge is 2.23. The number of aromatic nitrogens is 4. The van der Waals surface area contributed by atoms with Gasteiger partial charge in [-0.25, -0.2) is 0 Å². The molecule has 0 aliphatic carbocycles. The van der Waals surface area contributed by atoms with Gasteiger partial charge in [0.1, 0.15) is 0 Å². The molecule has 1 aliphatic heterocycles. The number of benzene rings is 1. The van der Waals surface area contributed by atoms with Gasteiger partial charge in [-0.1, -0.05) is 17.3 Å². The second kappa shape index (κ2) is 7.14. The van der Waals surface area contributed by atoms with Gasteiger partial charge in [0.2, 0.25) is 11.7 Å². The van der Waals surface area contributed by atoms with E-state index in [0.29, 0.717) is 30.4 Å². The first-order valence-corrected chi connectivity index (χ1v) is 8.85. The van der Waals surface area contributed by atoms with Crippen molar-refractivity contribution in [1.29, 1.82) is 0 Å². The minimum atomic E-state index is 0.0282. The number of nitrogens with zero attached hydrogens (tertiary/aromatic N) is 6. The fourth-order valence-electron chi connectivity index (χ4n) is 3.06. The summed E-state index contributed by atoms with van der Waals surface area (Å²) in [5.74, 6) is 1.92. The van der Waals surface area contributed by atoms with E-state index in [9.17, 15) is 4.79 Å². The maximum Gasteiger partial charge on any atom is 0.253 e. The Morgan fingerprint density at radius 3 is 2.30 bits per heavy atom. The van der Waals surface area contributed by atoms with Crippen molar-refractivity contribution in [3.8, 4) is 11.4 Å². The Morgan fingerprint density at radius 1 is 0.963 bits per heavy atom. The highest BCUT2D eigenvalue weighted by Crippen LogP contribution is 2.18. The number of aryl methyl sites for hydroxylation is 2. The van der Waals surface area contributed by atoms with Crippen LogP contribution in [-0.2, 0) is 0 Å². The normalized spacial score (nSPS) is 14.4. The lowest BCUT2D eigenvalue weighted by Gasteiger charge is -2.35. The summed E-state index contributed by atoms with van der Waals surface area (Å²) in [7, 11) is 0. The summed E-state index contributed by atoms with van der Waals surface area (Å²) in [4.78, 5) is 21.0. The lowest BCUT2D eigenvalue weighted by Crippen LogP contribution is -2.49. The predicted octanol–water partition coefficient (Wildman–Crippen LogP) is 2.11. The minimum absolute atomic E-state index is 0.0282. The number of rotatable bonds is 3. The van der Waals surface area contributed by atoms with Crippen LogP contribution >= 0.6 is 0 Å². The van der Waals surface area contributed by atoms with Gasteiger partial charge in [0.05, 0.1) is 5.69 Å². The highest BCUT2D eigenvalue weighted by molar-refractivity contribution is 5.94. The van der Waals surface area contributed by atoms with Gasteiger partial charge in [-0.2, -0.15) is 10.1 Å². The molecule has 1 saturated heterocycles. The number of hydrogen-bond donors (Lipinski definition) is 0. The molecule has 1 fully saturated rings. The number of amides is 1. The van der Waals surface area contributed by atoms with Gasteiger partial charge in [-0.3, -0.25) is 4.79 Å². The molecule has 0 bridgehead atoms. The molecule has 0 N–H and O–H groups in total. The maximum atomic E-state index is 12.8. The van der Waals surface area contributed by atoms with Crippen LogP contribution in [0.1, 0.15) is 21.9 Å². The maximum absolute atomic E-state index is 12.8. The van der Waals surface area contributed by atoms with E-state index < -0.39 is 0 Å². The standard InChI is InChI=1S/C19H20N6O2/c1-13-3-8-17(22-21-13)24-9-11-25(12-10-24)19(26)16-6-4-15(5-7-16)18-20-14(2)27-23-18/h3-8H,9-12H2,1-2H3. The third kappa shape index (κ3) is 3.64. The second-order valence-electron chi connectivity index (χ2n) is 6.53.